The number of hydrogen-bond acceptors (Lipinski definition) is 6. The SMILES string of the molecule is O=C(c1ccc(-c2nc3ccccc3s2)s1)N1CCN(S(=O)(=O)Cc2ccccc2)CC1. The summed E-state index contributed by atoms with van der Waals surface area (Å²) in [6.07, 6.45) is 0. The lowest BCUT2D eigenvalue weighted by Crippen LogP contribution is -2.50. The van der Waals surface area contributed by atoms with E-state index < -0.39 is 10.0 Å². The summed E-state index contributed by atoms with van der Waals surface area (Å²) < 4.78 is 28.1. The Hall–Kier alpha value is -2.59. The standard InChI is InChI=1S/C23H21N3O3S3/c27-23(21-11-10-20(30-21)22-24-18-8-4-5-9-19(18)31-22)25-12-14-26(15-13-25)32(28,29)16-17-6-2-1-3-7-17/h1-11H,12-16H2. The first-order chi connectivity index (χ1) is 15.5. The van der Waals surface area contributed by atoms with Gasteiger partial charge in [-0.05, 0) is 29.8 Å². The van der Waals surface area contributed by atoms with Crippen LogP contribution in [-0.2, 0) is 15.8 Å². The maximum absolute atomic E-state index is 13.0. The topological polar surface area (TPSA) is 70.6 Å². The minimum absolute atomic E-state index is 0.0156. The van der Waals surface area contributed by atoms with Gasteiger partial charge in [0.05, 0.1) is 25.7 Å². The molecule has 1 aliphatic rings. The molecular formula is C23H21N3O3S3. The predicted molar refractivity (Wildman–Crippen MR) is 129 cm³/mol. The molecule has 164 valence electrons. The Kier molecular flexibility index (Phi) is 5.81. The zero-order valence-electron chi connectivity index (χ0n) is 17.2. The lowest BCUT2D eigenvalue weighted by molar-refractivity contribution is 0.0702. The summed E-state index contributed by atoms with van der Waals surface area (Å²) in [5.74, 6) is -0.0689. The predicted octanol–water partition coefficient (Wildman–Crippen LogP) is 4.31. The van der Waals surface area contributed by atoms with E-state index in [2.05, 4.69) is 4.98 Å². The lowest BCUT2D eigenvalue weighted by Gasteiger charge is -2.33. The van der Waals surface area contributed by atoms with Crippen molar-refractivity contribution in [1.29, 1.82) is 0 Å². The van der Waals surface area contributed by atoms with Gasteiger partial charge >= 0.3 is 0 Å². The fourth-order valence-corrected chi connectivity index (χ4v) is 7.26. The van der Waals surface area contributed by atoms with E-state index in [4.69, 9.17) is 0 Å². The molecule has 2 aromatic carbocycles. The van der Waals surface area contributed by atoms with Crippen molar-refractivity contribution in [3.63, 3.8) is 0 Å². The molecule has 0 unspecified atom stereocenters. The van der Waals surface area contributed by atoms with Crippen LogP contribution in [0.1, 0.15) is 15.2 Å². The Labute approximate surface area is 194 Å². The number of sulfonamides is 1. The third kappa shape index (κ3) is 4.33. The van der Waals surface area contributed by atoms with Crippen molar-refractivity contribution < 1.29 is 13.2 Å². The van der Waals surface area contributed by atoms with Crippen molar-refractivity contribution in [3.05, 3.63) is 77.2 Å². The molecular weight excluding hydrogens is 462 g/mol. The summed E-state index contributed by atoms with van der Waals surface area (Å²) in [6, 6.07) is 20.9. The highest BCUT2D eigenvalue weighted by Gasteiger charge is 2.30. The van der Waals surface area contributed by atoms with Gasteiger partial charge in [0.15, 0.2) is 0 Å². The summed E-state index contributed by atoms with van der Waals surface area (Å²) >= 11 is 3.05. The number of thiazole rings is 1. The average Bonchev–Trinajstić information content (AvgIpc) is 3.46. The Bertz CT molecular complexity index is 1320. The van der Waals surface area contributed by atoms with Gasteiger partial charge in [-0.1, -0.05) is 42.5 Å². The van der Waals surface area contributed by atoms with Crippen LogP contribution in [0.15, 0.2) is 66.7 Å². The second kappa shape index (κ2) is 8.74. The molecule has 2 aromatic heterocycles. The third-order valence-electron chi connectivity index (χ3n) is 5.43. The molecule has 5 rings (SSSR count). The van der Waals surface area contributed by atoms with E-state index in [-0.39, 0.29) is 11.7 Å². The van der Waals surface area contributed by atoms with Gasteiger partial charge in [-0.25, -0.2) is 13.4 Å². The molecule has 1 aliphatic heterocycles. The van der Waals surface area contributed by atoms with Crippen molar-refractivity contribution in [3.8, 4) is 9.88 Å². The fraction of sp³-hybridized carbons (Fsp3) is 0.217. The number of carbonyl (C=O) groups is 1. The molecule has 4 aromatic rings. The van der Waals surface area contributed by atoms with Gasteiger partial charge in [0.1, 0.15) is 5.01 Å². The van der Waals surface area contributed by atoms with Gasteiger partial charge in [0.25, 0.3) is 5.91 Å². The van der Waals surface area contributed by atoms with Gasteiger partial charge in [-0.15, -0.1) is 22.7 Å². The van der Waals surface area contributed by atoms with Gasteiger partial charge in [-0.2, -0.15) is 4.31 Å². The highest BCUT2D eigenvalue weighted by Crippen LogP contribution is 2.34. The second-order valence-electron chi connectivity index (χ2n) is 7.58. The van der Waals surface area contributed by atoms with Crippen molar-refractivity contribution >= 4 is 48.8 Å². The molecule has 0 radical (unpaired) electrons. The maximum atomic E-state index is 13.0. The molecule has 32 heavy (non-hydrogen) atoms. The number of para-hydroxylation sites is 1. The van der Waals surface area contributed by atoms with E-state index >= 15 is 0 Å². The largest absolute Gasteiger partial charge is 0.335 e. The zero-order valence-corrected chi connectivity index (χ0v) is 19.6. The normalized spacial score (nSPS) is 15.3. The van der Waals surface area contributed by atoms with Crippen LogP contribution in [0.25, 0.3) is 20.1 Å². The number of hydrogen-bond donors (Lipinski definition) is 0. The highest BCUT2D eigenvalue weighted by molar-refractivity contribution is 7.88. The molecule has 1 saturated heterocycles. The van der Waals surface area contributed by atoms with Crippen LogP contribution >= 0.6 is 22.7 Å². The summed E-state index contributed by atoms with van der Waals surface area (Å²) in [7, 11) is -3.40. The van der Waals surface area contributed by atoms with E-state index in [9.17, 15) is 13.2 Å². The summed E-state index contributed by atoms with van der Waals surface area (Å²) in [5.41, 5.74) is 1.73. The van der Waals surface area contributed by atoms with E-state index in [1.807, 2.05) is 66.7 Å². The quantitative estimate of drug-likeness (QED) is 0.424. The molecule has 6 nitrogen and oxygen atoms in total. The Morgan fingerprint density at radius 2 is 1.59 bits per heavy atom. The monoisotopic (exact) mass is 483 g/mol. The van der Waals surface area contributed by atoms with Crippen LogP contribution < -0.4 is 0 Å². The van der Waals surface area contributed by atoms with Crippen molar-refractivity contribution in [2.24, 2.45) is 0 Å². The van der Waals surface area contributed by atoms with Crippen LogP contribution in [-0.4, -0.2) is 54.7 Å². The first-order valence-corrected chi connectivity index (χ1v) is 13.5. The molecule has 0 saturated carbocycles. The number of carbonyl (C=O) groups excluding carboxylic acids is 1. The second-order valence-corrected chi connectivity index (χ2v) is 11.7. The Morgan fingerprint density at radius 1 is 0.875 bits per heavy atom. The number of rotatable bonds is 5. The smallest absolute Gasteiger partial charge is 0.264 e. The average molecular weight is 484 g/mol. The number of piperazine rings is 1. The van der Waals surface area contributed by atoms with E-state index in [1.165, 1.54) is 15.6 Å². The first-order valence-electron chi connectivity index (χ1n) is 10.3. The molecule has 0 spiro atoms. The van der Waals surface area contributed by atoms with Crippen LogP contribution in [0.2, 0.25) is 0 Å². The Morgan fingerprint density at radius 3 is 2.34 bits per heavy atom. The lowest BCUT2D eigenvalue weighted by atomic mass is 10.2. The van der Waals surface area contributed by atoms with E-state index in [0.717, 1.165) is 25.7 Å². The summed E-state index contributed by atoms with van der Waals surface area (Å²) in [5, 5.41) is 0.909. The number of thiophene rings is 1. The molecule has 9 heteroatoms. The summed E-state index contributed by atoms with van der Waals surface area (Å²) in [4.78, 5) is 21.0. The minimum atomic E-state index is -3.40. The molecule has 0 N–H and O–H groups in total. The van der Waals surface area contributed by atoms with E-state index in [0.29, 0.717) is 31.1 Å². The van der Waals surface area contributed by atoms with Gasteiger partial charge < -0.3 is 4.90 Å². The van der Waals surface area contributed by atoms with Crippen LogP contribution in [0.5, 0.6) is 0 Å². The number of benzene rings is 2. The number of nitrogens with zero attached hydrogens (tertiary/aromatic N) is 3. The van der Waals surface area contributed by atoms with E-state index in [1.54, 1.807) is 16.2 Å². The van der Waals surface area contributed by atoms with Crippen LogP contribution in [0.3, 0.4) is 0 Å². The van der Waals surface area contributed by atoms with Crippen molar-refractivity contribution in [2.45, 2.75) is 5.75 Å². The highest BCUT2D eigenvalue weighted by atomic mass is 32.2. The van der Waals surface area contributed by atoms with Crippen LogP contribution in [0, 0.1) is 0 Å². The molecule has 3 heterocycles. The fourth-order valence-electron chi connectivity index (χ4n) is 3.75. The van der Waals surface area contributed by atoms with Gasteiger partial charge in [0.2, 0.25) is 10.0 Å². The Balaban J connectivity index is 1.24. The van der Waals surface area contributed by atoms with Crippen molar-refractivity contribution in [2.75, 3.05) is 26.2 Å². The maximum Gasteiger partial charge on any atom is 0.264 e. The third-order valence-corrected chi connectivity index (χ3v) is 9.56. The molecule has 0 aliphatic carbocycles. The molecule has 1 fully saturated rings. The first kappa shape index (κ1) is 21.3. The van der Waals surface area contributed by atoms with Gasteiger partial charge in [-0.3, -0.25) is 4.79 Å². The van der Waals surface area contributed by atoms with Gasteiger partial charge in [0, 0.05) is 26.2 Å². The molecule has 0 atom stereocenters. The van der Waals surface area contributed by atoms with Crippen molar-refractivity contribution in [1.82, 2.24) is 14.2 Å². The van der Waals surface area contributed by atoms with Crippen LogP contribution in [0.4, 0.5) is 0 Å². The zero-order chi connectivity index (χ0) is 22.1. The minimum Gasteiger partial charge on any atom is -0.335 e. The molecule has 0 bridgehead atoms. The summed E-state index contributed by atoms with van der Waals surface area (Å²) in [6.45, 7) is 1.41. The number of fused-ring (bicyclic) bond motifs is 1. The molecule has 1 amide bonds. The number of aromatic nitrogens is 1. The number of amides is 1.